The summed E-state index contributed by atoms with van der Waals surface area (Å²) in [5.41, 5.74) is 8.87. The number of aryl methyl sites for hydroxylation is 1. The molecule has 0 aliphatic heterocycles. The molecule has 5 heteroatoms. The van der Waals surface area contributed by atoms with Crippen LogP contribution in [-0.2, 0) is 0 Å². The van der Waals surface area contributed by atoms with E-state index in [1.54, 1.807) is 7.05 Å². The van der Waals surface area contributed by atoms with Crippen LogP contribution in [0.1, 0.15) is 5.56 Å². The van der Waals surface area contributed by atoms with Crippen molar-refractivity contribution in [2.24, 2.45) is 10.7 Å². The van der Waals surface area contributed by atoms with Gasteiger partial charge in [-0.15, -0.1) is 11.3 Å². The van der Waals surface area contributed by atoms with E-state index < -0.39 is 0 Å². The first-order valence-corrected chi connectivity index (χ1v) is 6.09. The molecule has 0 radical (unpaired) electrons. The maximum atomic E-state index is 5.58. The molecule has 0 bridgehead atoms. The van der Waals surface area contributed by atoms with Crippen LogP contribution in [0.5, 0.6) is 0 Å². The molecule has 0 unspecified atom stereocenters. The van der Waals surface area contributed by atoms with Crippen LogP contribution in [0.3, 0.4) is 0 Å². The van der Waals surface area contributed by atoms with E-state index in [1.165, 1.54) is 16.9 Å². The number of nitrogens with one attached hydrogen (secondary N) is 1. The SMILES string of the molecule is CN=C(N)Nc1nc(-c2cccc(C)c2)cs1. The Kier molecular flexibility index (Phi) is 3.39. The highest BCUT2D eigenvalue weighted by Crippen LogP contribution is 2.25. The maximum absolute atomic E-state index is 5.58. The van der Waals surface area contributed by atoms with E-state index in [0.29, 0.717) is 5.96 Å². The number of hydrogen-bond donors (Lipinski definition) is 2. The van der Waals surface area contributed by atoms with Gasteiger partial charge < -0.3 is 11.1 Å². The number of benzene rings is 1. The Balaban J connectivity index is 2.24. The lowest BCUT2D eigenvalue weighted by atomic mass is 10.1. The van der Waals surface area contributed by atoms with E-state index >= 15 is 0 Å². The van der Waals surface area contributed by atoms with E-state index in [4.69, 9.17) is 5.73 Å². The fourth-order valence-electron chi connectivity index (χ4n) is 1.43. The lowest BCUT2D eigenvalue weighted by Crippen LogP contribution is -2.21. The second kappa shape index (κ2) is 4.97. The number of nitrogens with two attached hydrogens (primary N) is 1. The molecule has 0 spiro atoms. The van der Waals surface area contributed by atoms with Crippen LogP contribution in [0.25, 0.3) is 11.3 Å². The predicted molar refractivity (Wildman–Crippen MR) is 73.5 cm³/mol. The topological polar surface area (TPSA) is 63.3 Å². The molecule has 0 aliphatic carbocycles. The van der Waals surface area contributed by atoms with Crippen molar-refractivity contribution in [1.29, 1.82) is 0 Å². The summed E-state index contributed by atoms with van der Waals surface area (Å²) in [5.74, 6) is 0.371. The first-order valence-electron chi connectivity index (χ1n) is 5.21. The molecule has 0 saturated heterocycles. The molecule has 1 aromatic carbocycles. The Hall–Kier alpha value is -1.88. The number of anilines is 1. The van der Waals surface area contributed by atoms with Crippen molar-refractivity contribution in [2.75, 3.05) is 12.4 Å². The van der Waals surface area contributed by atoms with Gasteiger partial charge in [-0.25, -0.2) is 4.98 Å². The van der Waals surface area contributed by atoms with Gasteiger partial charge in [0.05, 0.1) is 5.69 Å². The Bertz CT molecular complexity index is 545. The number of nitrogens with zero attached hydrogens (tertiary/aromatic N) is 2. The minimum atomic E-state index is 0.371. The van der Waals surface area contributed by atoms with Crippen LogP contribution in [0.4, 0.5) is 5.13 Å². The lowest BCUT2D eigenvalue weighted by molar-refractivity contribution is 1.34. The summed E-state index contributed by atoms with van der Waals surface area (Å²) in [4.78, 5) is 8.29. The van der Waals surface area contributed by atoms with Gasteiger partial charge in [-0.05, 0) is 13.0 Å². The average Bonchev–Trinajstić information content (AvgIpc) is 2.77. The van der Waals surface area contributed by atoms with Crippen LogP contribution in [0.15, 0.2) is 34.6 Å². The number of hydrogen-bond acceptors (Lipinski definition) is 3. The first-order chi connectivity index (χ1) is 8.19. The molecule has 0 fully saturated rings. The molecule has 0 amide bonds. The third-order valence-electron chi connectivity index (χ3n) is 2.29. The number of aliphatic imine (C=N–C) groups is 1. The molecule has 4 nitrogen and oxygen atoms in total. The van der Waals surface area contributed by atoms with Crippen LogP contribution >= 0.6 is 11.3 Å². The number of aromatic nitrogens is 1. The smallest absolute Gasteiger partial charge is 0.194 e. The lowest BCUT2D eigenvalue weighted by Gasteiger charge is -1.99. The molecule has 0 atom stereocenters. The molecule has 0 aliphatic rings. The normalized spacial score (nSPS) is 11.5. The molecule has 1 heterocycles. The van der Waals surface area contributed by atoms with Gasteiger partial charge in [-0.1, -0.05) is 23.8 Å². The molecule has 88 valence electrons. The highest BCUT2D eigenvalue weighted by atomic mass is 32.1. The minimum Gasteiger partial charge on any atom is -0.370 e. The van der Waals surface area contributed by atoms with Crippen molar-refractivity contribution in [3.05, 3.63) is 35.2 Å². The van der Waals surface area contributed by atoms with Gasteiger partial charge in [0.2, 0.25) is 0 Å². The summed E-state index contributed by atoms with van der Waals surface area (Å²) in [6.07, 6.45) is 0. The van der Waals surface area contributed by atoms with Gasteiger partial charge in [0.1, 0.15) is 0 Å². The molecule has 2 rings (SSSR count). The van der Waals surface area contributed by atoms with Crippen LogP contribution in [-0.4, -0.2) is 18.0 Å². The quantitative estimate of drug-likeness (QED) is 0.632. The van der Waals surface area contributed by atoms with E-state index in [1.807, 2.05) is 17.5 Å². The largest absolute Gasteiger partial charge is 0.370 e. The maximum Gasteiger partial charge on any atom is 0.194 e. The summed E-state index contributed by atoms with van der Waals surface area (Å²) < 4.78 is 0. The summed E-state index contributed by atoms with van der Waals surface area (Å²) in [6.45, 7) is 2.07. The second-order valence-electron chi connectivity index (χ2n) is 3.64. The standard InChI is InChI=1S/C12H14N4S/c1-8-4-3-5-9(6-8)10-7-17-12(15-10)16-11(13)14-2/h3-7H,1-2H3,(H3,13,14,15,16). The molecule has 17 heavy (non-hydrogen) atoms. The predicted octanol–water partition coefficient (Wildman–Crippen LogP) is 2.47. The molecular formula is C12H14N4S. The van der Waals surface area contributed by atoms with Crippen molar-refractivity contribution in [3.63, 3.8) is 0 Å². The molecule has 2 aromatic rings. The van der Waals surface area contributed by atoms with Crippen molar-refractivity contribution in [3.8, 4) is 11.3 Å². The fourth-order valence-corrected chi connectivity index (χ4v) is 2.16. The van der Waals surface area contributed by atoms with Crippen molar-refractivity contribution < 1.29 is 0 Å². The van der Waals surface area contributed by atoms with Crippen LogP contribution in [0, 0.1) is 6.92 Å². The molecule has 3 N–H and O–H groups in total. The van der Waals surface area contributed by atoms with E-state index in [2.05, 4.69) is 34.3 Å². The Labute approximate surface area is 104 Å². The van der Waals surface area contributed by atoms with Gasteiger partial charge in [0.15, 0.2) is 11.1 Å². The Morgan fingerprint density at radius 1 is 1.47 bits per heavy atom. The van der Waals surface area contributed by atoms with Crippen molar-refractivity contribution in [1.82, 2.24) is 4.98 Å². The van der Waals surface area contributed by atoms with Gasteiger partial charge in [-0.2, -0.15) is 0 Å². The van der Waals surface area contributed by atoms with Gasteiger partial charge in [0.25, 0.3) is 0 Å². The minimum absolute atomic E-state index is 0.371. The number of thiazole rings is 1. The summed E-state index contributed by atoms with van der Waals surface area (Å²) in [6, 6.07) is 8.24. The molecule has 0 saturated carbocycles. The van der Waals surface area contributed by atoms with E-state index in [9.17, 15) is 0 Å². The monoisotopic (exact) mass is 246 g/mol. The van der Waals surface area contributed by atoms with Crippen LogP contribution in [0.2, 0.25) is 0 Å². The summed E-state index contributed by atoms with van der Waals surface area (Å²) >= 11 is 1.51. The first kappa shape index (κ1) is 11.6. The zero-order valence-electron chi connectivity index (χ0n) is 9.77. The third-order valence-corrected chi connectivity index (χ3v) is 3.05. The highest BCUT2D eigenvalue weighted by molar-refractivity contribution is 7.14. The second-order valence-corrected chi connectivity index (χ2v) is 4.50. The Morgan fingerprint density at radius 2 is 2.29 bits per heavy atom. The summed E-state index contributed by atoms with van der Waals surface area (Å²) in [5, 5.41) is 5.69. The Morgan fingerprint density at radius 3 is 3.00 bits per heavy atom. The number of guanidine groups is 1. The average molecular weight is 246 g/mol. The van der Waals surface area contributed by atoms with Gasteiger partial charge >= 0.3 is 0 Å². The van der Waals surface area contributed by atoms with Crippen molar-refractivity contribution in [2.45, 2.75) is 6.92 Å². The van der Waals surface area contributed by atoms with Gasteiger partial charge in [-0.3, -0.25) is 4.99 Å². The third kappa shape index (κ3) is 2.82. The van der Waals surface area contributed by atoms with Crippen molar-refractivity contribution >= 4 is 22.4 Å². The highest BCUT2D eigenvalue weighted by Gasteiger charge is 2.04. The van der Waals surface area contributed by atoms with Gasteiger partial charge in [0, 0.05) is 18.0 Å². The zero-order valence-corrected chi connectivity index (χ0v) is 10.6. The zero-order chi connectivity index (χ0) is 12.3. The number of rotatable bonds is 2. The molecular weight excluding hydrogens is 232 g/mol. The van der Waals surface area contributed by atoms with Crippen LogP contribution < -0.4 is 11.1 Å². The van der Waals surface area contributed by atoms with E-state index in [0.717, 1.165) is 16.4 Å². The molecule has 1 aromatic heterocycles. The van der Waals surface area contributed by atoms with E-state index in [-0.39, 0.29) is 0 Å². The summed E-state index contributed by atoms with van der Waals surface area (Å²) in [7, 11) is 1.64. The fraction of sp³-hybridized carbons (Fsp3) is 0.167.